The average Bonchev–Trinajstić information content (AvgIpc) is 3.07. The van der Waals surface area contributed by atoms with Crippen LogP contribution in [0.4, 0.5) is 0 Å². The Labute approximate surface area is 129 Å². The molecular formula is C12H14N4O3S2. The van der Waals surface area contributed by atoms with Crippen LogP contribution in [0.25, 0.3) is 0 Å². The molecule has 2 heterocycles. The van der Waals surface area contributed by atoms with Gasteiger partial charge in [-0.3, -0.25) is 4.79 Å². The van der Waals surface area contributed by atoms with Gasteiger partial charge in [0.15, 0.2) is 5.69 Å². The molecule has 0 radical (unpaired) electrons. The van der Waals surface area contributed by atoms with Gasteiger partial charge in [0.25, 0.3) is 5.91 Å². The molecule has 0 spiro atoms. The minimum absolute atomic E-state index is 0.0118. The zero-order valence-electron chi connectivity index (χ0n) is 11.5. The summed E-state index contributed by atoms with van der Waals surface area (Å²) < 4.78 is 3.81. The lowest BCUT2D eigenvalue weighted by molar-refractivity contribution is 0.0691. The van der Waals surface area contributed by atoms with E-state index in [2.05, 4.69) is 19.9 Å². The van der Waals surface area contributed by atoms with Gasteiger partial charge in [-0.05, 0) is 24.9 Å². The third-order valence-corrected chi connectivity index (χ3v) is 4.50. The van der Waals surface area contributed by atoms with Crippen molar-refractivity contribution in [3.05, 3.63) is 26.7 Å². The predicted molar refractivity (Wildman–Crippen MR) is 78.9 cm³/mol. The van der Waals surface area contributed by atoms with Gasteiger partial charge in [-0.2, -0.15) is 0 Å². The van der Waals surface area contributed by atoms with Crippen molar-refractivity contribution in [3.8, 4) is 0 Å². The molecule has 1 amide bonds. The number of nitrogens with zero attached hydrogens (tertiary/aromatic N) is 3. The fraction of sp³-hybridized carbons (Fsp3) is 0.417. The molecule has 1 atom stereocenters. The lowest BCUT2D eigenvalue weighted by Gasteiger charge is -2.10. The van der Waals surface area contributed by atoms with Crippen LogP contribution in [0.5, 0.6) is 0 Å². The van der Waals surface area contributed by atoms with E-state index in [1.54, 1.807) is 6.92 Å². The summed E-state index contributed by atoms with van der Waals surface area (Å²) in [5.74, 6) is -1.33. The zero-order valence-corrected chi connectivity index (χ0v) is 13.1. The maximum Gasteiger partial charge on any atom is 0.355 e. The number of thiazole rings is 1. The largest absolute Gasteiger partial charge is 0.476 e. The molecule has 0 aromatic carbocycles. The number of amides is 1. The number of nitrogens with one attached hydrogen (secondary N) is 1. The molecule has 7 nitrogen and oxygen atoms in total. The second kappa shape index (κ2) is 6.72. The fourth-order valence-electron chi connectivity index (χ4n) is 1.69. The number of carboxylic acid groups (broad SMARTS) is 1. The van der Waals surface area contributed by atoms with Crippen LogP contribution < -0.4 is 5.32 Å². The predicted octanol–water partition coefficient (Wildman–Crippen LogP) is 2.14. The maximum absolute atomic E-state index is 12.2. The molecule has 2 N–H and O–H groups in total. The molecule has 0 fully saturated rings. The lowest BCUT2D eigenvalue weighted by atomic mass is 10.2. The van der Waals surface area contributed by atoms with Gasteiger partial charge in [0.2, 0.25) is 0 Å². The topological polar surface area (TPSA) is 105 Å². The Morgan fingerprint density at radius 1 is 1.48 bits per heavy atom. The van der Waals surface area contributed by atoms with Crippen molar-refractivity contribution in [3.63, 3.8) is 0 Å². The summed E-state index contributed by atoms with van der Waals surface area (Å²) in [6, 6.07) is -0.368. The van der Waals surface area contributed by atoms with Crippen LogP contribution in [0, 0.1) is 0 Å². The van der Waals surface area contributed by atoms with Crippen molar-refractivity contribution in [1.82, 2.24) is 19.9 Å². The second-order valence-corrected chi connectivity index (χ2v) is 6.01. The fourth-order valence-corrected chi connectivity index (χ4v) is 3.10. The minimum atomic E-state index is -1.08. The van der Waals surface area contributed by atoms with Crippen LogP contribution in [-0.2, 0) is 6.42 Å². The van der Waals surface area contributed by atoms with Crippen LogP contribution in [0.3, 0.4) is 0 Å². The van der Waals surface area contributed by atoms with Gasteiger partial charge in [0.1, 0.15) is 9.88 Å². The Morgan fingerprint density at radius 2 is 2.24 bits per heavy atom. The molecule has 1 unspecified atom stereocenters. The number of carboxylic acids is 1. The molecule has 0 saturated heterocycles. The molecule has 0 aliphatic heterocycles. The minimum Gasteiger partial charge on any atom is -0.476 e. The lowest BCUT2D eigenvalue weighted by Crippen LogP contribution is -2.26. The van der Waals surface area contributed by atoms with E-state index in [0.29, 0.717) is 22.0 Å². The van der Waals surface area contributed by atoms with Gasteiger partial charge in [0, 0.05) is 5.38 Å². The van der Waals surface area contributed by atoms with E-state index in [4.69, 9.17) is 5.11 Å². The molecular weight excluding hydrogens is 312 g/mol. The third kappa shape index (κ3) is 3.61. The van der Waals surface area contributed by atoms with Crippen LogP contribution in [0.2, 0.25) is 0 Å². The first kappa shape index (κ1) is 15.5. The molecule has 2 rings (SSSR count). The third-order valence-electron chi connectivity index (χ3n) is 2.71. The first-order chi connectivity index (χ1) is 10.0. The van der Waals surface area contributed by atoms with Crippen molar-refractivity contribution in [2.45, 2.75) is 32.7 Å². The standard InChI is InChI=1S/C12H14N4O3S2/c1-3-4-7-9(21-16-15-7)10(17)13-6(2)11-14-8(5-20-11)12(18)19/h5-6H,3-4H2,1-2H3,(H,13,17)(H,18,19). The summed E-state index contributed by atoms with van der Waals surface area (Å²) in [5.41, 5.74) is 0.680. The van der Waals surface area contributed by atoms with E-state index < -0.39 is 5.97 Å². The molecule has 21 heavy (non-hydrogen) atoms. The first-order valence-corrected chi connectivity index (χ1v) is 7.99. The quantitative estimate of drug-likeness (QED) is 0.842. The Balaban J connectivity index is 2.07. The number of aromatic carboxylic acids is 1. The van der Waals surface area contributed by atoms with Crippen molar-refractivity contribution in [1.29, 1.82) is 0 Å². The summed E-state index contributed by atoms with van der Waals surface area (Å²) in [4.78, 5) is 27.5. The highest BCUT2D eigenvalue weighted by molar-refractivity contribution is 7.10. The smallest absolute Gasteiger partial charge is 0.355 e. The van der Waals surface area contributed by atoms with E-state index >= 15 is 0 Å². The molecule has 2 aromatic heterocycles. The Morgan fingerprint density at radius 3 is 2.86 bits per heavy atom. The molecule has 2 aromatic rings. The van der Waals surface area contributed by atoms with Gasteiger partial charge in [0.05, 0.1) is 11.7 Å². The summed E-state index contributed by atoms with van der Waals surface area (Å²) in [6.07, 6.45) is 1.59. The highest BCUT2D eigenvalue weighted by atomic mass is 32.1. The van der Waals surface area contributed by atoms with Gasteiger partial charge in [-0.1, -0.05) is 17.8 Å². The molecule has 0 aliphatic carbocycles. The van der Waals surface area contributed by atoms with Crippen LogP contribution in [0.1, 0.15) is 57.2 Å². The summed E-state index contributed by atoms with van der Waals surface area (Å²) >= 11 is 2.27. The van der Waals surface area contributed by atoms with Gasteiger partial charge < -0.3 is 10.4 Å². The molecule has 112 valence electrons. The summed E-state index contributed by atoms with van der Waals surface area (Å²) in [6.45, 7) is 3.77. The number of aromatic nitrogens is 3. The molecule has 9 heteroatoms. The van der Waals surface area contributed by atoms with E-state index in [9.17, 15) is 9.59 Å². The van der Waals surface area contributed by atoms with E-state index in [1.165, 1.54) is 16.7 Å². The number of hydrogen-bond acceptors (Lipinski definition) is 7. The normalized spacial score (nSPS) is 12.1. The summed E-state index contributed by atoms with van der Waals surface area (Å²) in [7, 11) is 0. The highest BCUT2D eigenvalue weighted by Gasteiger charge is 2.20. The van der Waals surface area contributed by atoms with Gasteiger partial charge in [-0.25, -0.2) is 9.78 Å². The number of carbonyl (C=O) groups excluding carboxylic acids is 1. The second-order valence-electron chi connectivity index (χ2n) is 4.37. The molecule has 0 bridgehead atoms. The maximum atomic E-state index is 12.2. The molecule has 0 aliphatic rings. The highest BCUT2D eigenvalue weighted by Crippen LogP contribution is 2.20. The van der Waals surface area contributed by atoms with Gasteiger partial charge in [-0.15, -0.1) is 16.4 Å². The number of rotatable bonds is 6. The van der Waals surface area contributed by atoms with Gasteiger partial charge >= 0.3 is 5.97 Å². The van der Waals surface area contributed by atoms with E-state index in [1.807, 2.05) is 6.92 Å². The van der Waals surface area contributed by atoms with Crippen LogP contribution >= 0.6 is 22.9 Å². The zero-order chi connectivity index (χ0) is 15.4. The number of aryl methyl sites for hydroxylation is 1. The van der Waals surface area contributed by atoms with Crippen LogP contribution in [-0.4, -0.2) is 31.6 Å². The van der Waals surface area contributed by atoms with Crippen molar-refractivity contribution in [2.75, 3.05) is 0 Å². The number of carbonyl (C=O) groups is 2. The Bertz CT molecular complexity index is 652. The number of hydrogen-bond donors (Lipinski definition) is 2. The first-order valence-electron chi connectivity index (χ1n) is 6.33. The summed E-state index contributed by atoms with van der Waals surface area (Å²) in [5, 5.41) is 17.6. The van der Waals surface area contributed by atoms with E-state index in [-0.39, 0.29) is 17.6 Å². The monoisotopic (exact) mass is 326 g/mol. The average molecular weight is 326 g/mol. The van der Waals surface area contributed by atoms with Crippen molar-refractivity contribution in [2.24, 2.45) is 0 Å². The Kier molecular flexibility index (Phi) is 4.97. The van der Waals surface area contributed by atoms with Crippen molar-refractivity contribution >= 4 is 34.7 Å². The van der Waals surface area contributed by atoms with Crippen LogP contribution in [0.15, 0.2) is 5.38 Å². The molecule has 0 saturated carbocycles. The van der Waals surface area contributed by atoms with Crippen molar-refractivity contribution < 1.29 is 14.7 Å². The Hall–Kier alpha value is -1.87. The van der Waals surface area contributed by atoms with E-state index in [0.717, 1.165) is 18.0 Å². The SMILES string of the molecule is CCCc1nnsc1C(=O)NC(C)c1nc(C(=O)O)cs1.